The molecule has 1 atom stereocenters. The minimum absolute atomic E-state index is 0.0747. The van der Waals surface area contributed by atoms with E-state index < -0.39 is 0 Å². The lowest BCUT2D eigenvalue weighted by atomic mass is 10.1. The van der Waals surface area contributed by atoms with E-state index in [0.29, 0.717) is 19.1 Å². The highest BCUT2D eigenvalue weighted by Gasteiger charge is 2.10. The molecule has 0 unspecified atom stereocenters. The average Bonchev–Trinajstić information content (AvgIpc) is 2.22. The van der Waals surface area contributed by atoms with Gasteiger partial charge in [0.15, 0.2) is 0 Å². The normalized spacial score (nSPS) is 12.8. The first-order chi connectivity index (χ1) is 7.57. The monoisotopic (exact) mass is 230 g/mol. The summed E-state index contributed by atoms with van der Waals surface area (Å²) >= 11 is 0. The number of nitrogens with two attached hydrogens (primary N) is 1. The number of carbonyl (C=O) groups excluding carboxylic acids is 1. The minimum atomic E-state index is -0.374. The molecule has 0 saturated carbocycles. The van der Waals surface area contributed by atoms with Gasteiger partial charge in [-0.15, -0.1) is 0 Å². The van der Waals surface area contributed by atoms with Crippen molar-refractivity contribution in [3.63, 3.8) is 0 Å². The lowest BCUT2D eigenvalue weighted by Gasteiger charge is -2.11. The molecule has 0 bridgehead atoms. The van der Waals surface area contributed by atoms with Gasteiger partial charge in [0.1, 0.15) is 0 Å². The first-order valence-corrected chi connectivity index (χ1v) is 6.19. The van der Waals surface area contributed by atoms with Gasteiger partial charge in [-0.1, -0.05) is 27.2 Å². The fourth-order valence-corrected chi connectivity index (χ4v) is 1.24. The molecule has 0 radical (unpaired) electrons. The zero-order chi connectivity index (χ0) is 12.4. The van der Waals surface area contributed by atoms with Crippen LogP contribution < -0.4 is 11.1 Å². The molecular weight excluding hydrogens is 204 g/mol. The Labute approximate surface area is 98.9 Å². The molecule has 0 aliphatic carbocycles. The zero-order valence-corrected chi connectivity index (χ0v) is 10.8. The Balaban J connectivity index is 3.34. The third kappa shape index (κ3) is 8.68. The summed E-state index contributed by atoms with van der Waals surface area (Å²) < 4.78 is 5.38. The number of hydrogen-bond donors (Lipinski definition) is 2. The number of nitrogens with one attached hydrogen (secondary N) is 1. The van der Waals surface area contributed by atoms with Crippen molar-refractivity contribution in [3.8, 4) is 0 Å². The van der Waals surface area contributed by atoms with E-state index in [2.05, 4.69) is 19.2 Å². The van der Waals surface area contributed by atoms with Gasteiger partial charge in [-0.05, 0) is 18.8 Å². The maximum absolute atomic E-state index is 11.4. The standard InChI is InChI=1S/C12H26N2O2/c1-4-5-11(13)12(15)14-7-9-16-8-6-10(2)3/h10-11H,4-9,13H2,1-3H3,(H,14,15)/t11-/m1/s1. The Kier molecular flexibility index (Phi) is 9.24. The topological polar surface area (TPSA) is 64.4 Å². The fourth-order valence-electron chi connectivity index (χ4n) is 1.24. The van der Waals surface area contributed by atoms with Crippen LogP contribution in [0, 0.1) is 5.92 Å². The molecule has 0 aliphatic rings. The molecule has 0 fully saturated rings. The van der Waals surface area contributed by atoms with Crippen molar-refractivity contribution in [1.82, 2.24) is 5.32 Å². The van der Waals surface area contributed by atoms with Crippen LogP contribution in [0.15, 0.2) is 0 Å². The van der Waals surface area contributed by atoms with E-state index in [9.17, 15) is 4.79 Å². The highest BCUT2D eigenvalue weighted by Crippen LogP contribution is 1.98. The lowest BCUT2D eigenvalue weighted by Crippen LogP contribution is -2.41. The van der Waals surface area contributed by atoms with Crippen LogP contribution in [-0.4, -0.2) is 31.7 Å². The average molecular weight is 230 g/mol. The summed E-state index contributed by atoms with van der Waals surface area (Å²) in [5, 5.41) is 2.77. The van der Waals surface area contributed by atoms with E-state index >= 15 is 0 Å². The van der Waals surface area contributed by atoms with E-state index in [1.807, 2.05) is 6.92 Å². The van der Waals surface area contributed by atoms with E-state index in [1.54, 1.807) is 0 Å². The van der Waals surface area contributed by atoms with Crippen molar-refractivity contribution in [2.75, 3.05) is 19.8 Å². The van der Waals surface area contributed by atoms with Gasteiger partial charge in [-0.3, -0.25) is 4.79 Å². The summed E-state index contributed by atoms with van der Waals surface area (Å²) in [4.78, 5) is 11.4. The summed E-state index contributed by atoms with van der Waals surface area (Å²) in [7, 11) is 0. The first kappa shape index (κ1) is 15.4. The molecule has 4 nitrogen and oxygen atoms in total. The number of rotatable bonds is 9. The lowest BCUT2D eigenvalue weighted by molar-refractivity contribution is -0.122. The summed E-state index contributed by atoms with van der Waals surface area (Å²) in [6, 6.07) is -0.374. The van der Waals surface area contributed by atoms with Crippen molar-refractivity contribution in [3.05, 3.63) is 0 Å². The van der Waals surface area contributed by atoms with E-state index in [4.69, 9.17) is 10.5 Å². The Morgan fingerprint density at radius 1 is 1.31 bits per heavy atom. The maximum Gasteiger partial charge on any atom is 0.236 e. The minimum Gasteiger partial charge on any atom is -0.380 e. The van der Waals surface area contributed by atoms with Gasteiger partial charge in [0.25, 0.3) is 0 Å². The summed E-state index contributed by atoms with van der Waals surface area (Å²) in [5.41, 5.74) is 5.66. The van der Waals surface area contributed by atoms with Gasteiger partial charge in [0.2, 0.25) is 5.91 Å². The second kappa shape index (κ2) is 9.60. The largest absolute Gasteiger partial charge is 0.380 e. The third-order valence-corrected chi connectivity index (χ3v) is 2.32. The molecule has 0 rings (SSSR count). The molecule has 0 aromatic carbocycles. The van der Waals surface area contributed by atoms with Gasteiger partial charge in [-0.2, -0.15) is 0 Å². The fraction of sp³-hybridized carbons (Fsp3) is 0.917. The van der Waals surface area contributed by atoms with Crippen LogP contribution in [0.25, 0.3) is 0 Å². The molecule has 0 spiro atoms. The van der Waals surface area contributed by atoms with E-state index in [0.717, 1.165) is 25.9 Å². The van der Waals surface area contributed by atoms with Crippen LogP contribution in [0.4, 0.5) is 0 Å². The van der Waals surface area contributed by atoms with Crippen LogP contribution in [0.3, 0.4) is 0 Å². The summed E-state index contributed by atoms with van der Waals surface area (Å²) in [6.07, 6.45) is 2.73. The quantitative estimate of drug-likeness (QED) is 0.587. The van der Waals surface area contributed by atoms with Crippen LogP contribution in [0.2, 0.25) is 0 Å². The zero-order valence-electron chi connectivity index (χ0n) is 10.8. The molecule has 0 heterocycles. The molecule has 1 amide bonds. The van der Waals surface area contributed by atoms with Gasteiger partial charge in [0.05, 0.1) is 12.6 Å². The van der Waals surface area contributed by atoms with E-state index in [1.165, 1.54) is 0 Å². The van der Waals surface area contributed by atoms with Crippen LogP contribution in [-0.2, 0) is 9.53 Å². The van der Waals surface area contributed by atoms with Crippen LogP contribution in [0.1, 0.15) is 40.0 Å². The van der Waals surface area contributed by atoms with Gasteiger partial charge in [0, 0.05) is 13.2 Å². The van der Waals surface area contributed by atoms with Crippen LogP contribution in [0.5, 0.6) is 0 Å². The molecule has 0 aliphatic heterocycles. The molecule has 4 heteroatoms. The predicted octanol–water partition coefficient (Wildman–Crippen LogP) is 1.29. The first-order valence-electron chi connectivity index (χ1n) is 6.19. The molecule has 0 aromatic rings. The number of carbonyl (C=O) groups is 1. The summed E-state index contributed by atoms with van der Waals surface area (Å²) in [6.45, 7) is 8.21. The number of amides is 1. The molecule has 0 saturated heterocycles. The Hall–Kier alpha value is -0.610. The summed E-state index contributed by atoms with van der Waals surface area (Å²) in [5.74, 6) is 0.585. The highest BCUT2D eigenvalue weighted by atomic mass is 16.5. The van der Waals surface area contributed by atoms with Crippen LogP contribution >= 0.6 is 0 Å². The van der Waals surface area contributed by atoms with Crippen molar-refractivity contribution in [2.24, 2.45) is 11.7 Å². The van der Waals surface area contributed by atoms with Gasteiger partial charge >= 0.3 is 0 Å². The smallest absolute Gasteiger partial charge is 0.236 e. The highest BCUT2D eigenvalue weighted by molar-refractivity contribution is 5.81. The van der Waals surface area contributed by atoms with Crippen molar-refractivity contribution in [1.29, 1.82) is 0 Å². The molecule has 3 N–H and O–H groups in total. The Morgan fingerprint density at radius 2 is 2.00 bits per heavy atom. The van der Waals surface area contributed by atoms with Crippen molar-refractivity contribution < 1.29 is 9.53 Å². The Morgan fingerprint density at radius 3 is 2.56 bits per heavy atom. The second-order valence-corrected chi connectivity index (χ2v) is 4.48. The maximum atomic E-state index is 11.4. The van der Waals surface area contributed by atoms with Gasteiger partial charge in [-0.25, -0.2) is 0 Å². The van der Waals surface area contributed by atoms with E-state index in [-0.39, 0.29) is 11.9 Å². The van der Waals surface area contributed by atoms with Gasteiger partial charge < -0.3 is 15.8 Å². The molecular formula is C12H26N2O2. The molecule has 0 aromatic heterocycles. The molecule has 16 heavy (non-hydrogen) atoms. The Bertz CT molecular complexity index is 184. The predicted molar refractivity (Wildman–Crippen MR) is 66.2 cm³/mol. The number of hydrogen-bond acceptors (Lipinski definition) is 3. The molecule has 96 valence electrons. The van der Waals surface area contributed by atoms with Crippen molar-refractivity contribution >= 4 is 5.91 Å². The SMILES string of the molecule is CCC[C@@H](N)C(=O)NCCOCCC(C)C. The van der Waals surface area contributed by atoms with Crippen molar-refractivity contribution in [2.45, 2.75) is 46.1 Å². The third-order valence-electron chi connectivity index (χ3n) is 2.32. The number of ether oxygens (including phenoxy) is 1. The second-order valence-electron chi connectivity index (χ2n) is 4.48.